The Bertz CT molecular complexity index is 1260. The number of nitrogens with zero attached hydrogens (tertiary/aromatic N) is 4. The summed E-state index contributed by atoms with van der Waals surface area (Å²) in [5, 5.41) is 3.00. The molecule has 0 atom stereocenters. The van der Waals surface area contributed by atoms with E-state index in [1.54, 1.807) is 0 Å². The second-order valence-electron chi connectivity index (χ2n) is 8.27. The van der Waals surface area contributed by atoms with Crippen molar-refractivity contribution in [3.63, 3.8) is 0 Å². The summed E-state index contributed by atoms with van der Waals surface area (Å²) < 4.78 is 7.37. The van der Waals surface area contributed by atoms with Crippen LogP contribution in [-0.2, 0) is 17.8 Å². The molecule has 0 aliphatic carbocycles. The van der Waals surface area contributed by atoms with Gasteiger partial charge >= 0.3 is 0 Å². The molecule has 5 rings (SSSR count). The molecule has 4 aromatic rings. The zero-order valence-corrected chi connectivity index (χ0v) is 18.5. The van der Waals surface area contributed by atoms with Crippen molar-refractivity contribution in [3.05, 3.63) is 65.7 Å². The van der Waals surface area contributed by atoms with Gasteiger partial charge in [0.1, 0.15) is 16.9 Å². The van der Waals surface area contributed by atoms with Gasteiger partial charge in [0.2, 0.25) is 0 Å². The van der Waals surface area contributed by atoms with Crippen LogP contribution in [0.5, 0.6) is 0 Å². The topological polar surface area (TPSA) is 98.3 Å². The fourth-order valence-electron chi connectivity index (χ4n) is 4.31. The number of hydrogen-bond donors (Lipinski definition) is 2. The van der Waals surface area contributed by atoms with Gasteiger partial charge in [0, 0.05) is 32.7 Å². The van der Waals surface area contributed by atoms with Crippen molar-refractivity contribution in [3.8, 4) is 0 Å². The van der Waals surface area contributed by atoms with Crippen molar-refractivity contribution < 1.29 is 9.53 Å². The van der Waals surface area contributed by atoms with Crippen LogP contribution in [0.1, 0.15) is 22.3 Å². The SMILES string of the molecule is Nc1c(C(=O)NCc2ccccc2)c2nc3ccccc3nc2n1CCCN1CCOCC1. The number of hydrogen-bond acceptors (Lipinski definition) is 6. The molecule has 1 saturated heterocycles. The molecule has 170 valence electrons. The van der Waals surface area contributed by atoms with Crippen LogP contribution in [0.2, 0.25) is 0 Å². The predicted octanol–water partition coefficient (Wildman–Crippen LogP) is 2.82. The number of ether oxygens (including phenoxy) is 1. The number of anilines is 1. The lowest BCUT2D eigenvalue weighted by Crippen LogP contribution is -2.37. The molecule has 2 aromatic carbocycles. The molecule has 3 heterocycles. The summed E-state index contributed by atoms with van der Waals surface area (Å²) in [7, 11) is 0. The van der Waals surface area contributed by atoms with Gasteiger partial charge in [0.25, 0.3) is 5.91 Å². The molecule has 0 bridgehead atoms. The molecule has 0 spiro atoms. The Labute approximate surface area is 192 Å². The zero-order chi connectivity index (χ0) is 22.6. The molecule has 1 fully saturated rings. The van der Waals surface area contributed by atoms with Gasteiger partial charge in [-0.1, -0.05) is 42.5 Å². The van der Waals surface area contributed by atoms with E-state index in [2.05, 4.69) is 10.2 Å². The maximum atomic E-state index is 13.2. The van der Waals surface area contributed by atoms with E-state index in [9.17, 15) is 4.79 Å². The van der Waals surface area contributed by atoms with Crippen molar-refractivity contribution in [2.75, 3.05) is 38.6 Å². The maximum Gasteiger partial charge on any atom is 0.257 e. The molecular formula is C25H28N6O2. The van der Waals surface area contributed by atoms with Gasteiger partial charge in [-0.2, -0.15) is 0 Å². The van der Waals surface area contributed by atoms with E-state index in [4.69, 9.17) is 20.4 Å². The van der Waals surface area contributed by atoms with Crippen LogP contribution in [0.15, 0.2) is 54.6 Å². The Morgan fingerprint density at radius 2 is 1.67 bits per heavy atom. The quantitative estimate of drug-likeness (QED) is 0.455. The lowest BCUT2D eigenvalue weighted by molar-refractivity contribution is 0.0370. The summed E-state index contributed by atoms with van der Waals surface area (Å²) in [5.41, 5.74) is 10.7. The minimum atomic E-state index is -0.238. The van der Waals surface area contributed by atoms with Crippen LogP contribution < -0.4 is 11.1 Å². The van der Waals surface area contributed by atoms with Gasteiger partial charge in [-0.25, -0.2) is 9.97 Å². The van der Waals surface area contributed by atoms with Crippen molar-refractivity contribution in [2.24, 2.45) is 0 Å². The lowest BCUT2D eigenvalue weighted by atomic mass is 10.2. The second-order valence-corrected chi connectivity index (χ2v) is 8.27. The molecule has 1 aliphatic heterocycles. The second kappa shape index (κ2) is 9.56. The number of aryl methyl sites for hydroxylation is 1. The van der Waals surface area contributed by atoms with Crippen LogP contribution in [-0.4, -0.2) is 58.2 Å². The first kappa shape index (κ1) is 21.4. The summed E-state index contributed by atoms with van der Waals surface area (Å²) in [6, 6.07) is 17.5. The van der Waals surface area contributed by atoms with Crippen molar-refractivity contribution >= 4 is 33.9 Å². The average Bonchev–Trinajstić information content (AvgIpc) is 3.12. The standard InChI is InChI=1S/C25H28N6O2/c26-23-21(25(32)27-17-18-7-2-1-3-8-18)22-24(29-20-10-5-4-9-19(20)28-22)31(23)12-6-11-30-13-15-33-16-14-30/h1-5,7-10H,6,11-17,26H2,(H,27,32). The Balaban J connectivity index is 1.45. The number of benzene rings is 2. The first-order chi connectivity index (χ1) is 16.2. The molecule has 1 aliphatic rings. The number of carbonyl (C=O) groups is 1. The third kappa shape index (κ3) is 4.53. The maximum absolute atomic E-state index is 13.2. The van der Waals surface area contributed by atoms with Crippen LogP contribution in [0.3, 0.4) is 0 Å². The van der Waals surface area contributed by atoms with Gasteiger partial charge < -0.3 is 20.4 Å². The zero-order valence-electron chi connectivity index (χ0n) is 18.5. The molecule has 3 N–H and O–H groups in total. The number of nitrogen functional groups attached to an aromatic ring is 1. The lowest BCUT2D eigenvalue weighted by Gasteiger charge is -2.26. The monoisotopic (exact) mass is 444 g/mol. The Morgan fingerprint density at radius 3 is 2.42 bits per heavy atom. The highest BCUT2D eigenvalue weighted by Gasteiger charge is 2.24. The first-order valence-corrected chi connectivity index (χ1v) is 11.4. The normalized spacial score (nSPS) is 14.7. The van der Waals surface area contributed by atoms with Crippen LogP contribution >= 0.6 is 0 Å². The van der Waals surface area contributed by atoms with Gasteiger partial charge in [0.15, 0.2) is 5.65 Å². The van der Waals surface area contributed by atoms with E-state index in [1.807, 2.05) is 59.2 Å². The van der Waals surface area contributed by atoms with Gasteiger partial charge in [-0.3, -0.25) is 9.69 Å². The number of nitrogens with one attached hydrogen (secondary N) is 1. The van der Waals surface area contributed by atoms with Gasteiger partial charge in [-0.15, -0.1) is 0 Å². The van der Waals surface area contributed by atoms with E-state index >= 15 is 0 Å². The summed E-state index contributed by atoms with van der Waals surface area (Å²) >= 11 is 0. The van der Waals surface area contributed by atoms with E-state index in [-0.39, 0.29) is 5.91 Å². The number of aromatic nitrogens is 3. The number of carbonyl (C=O) groups excluding carboxylic acids is 1. The fraction of sp³-hybridized carbons (Fsp3) is 0.320. The van der Waals surface area contributed by atoms with E-state index < -0.39 is 0 Å². The molecule has 2 aromatic heterocycles. The molecule has 0 saturated carbocycles. The number of nitrogens with two attached hydrogens (primary N) is 1. The van der Waals surface area contributed by atoms with Gasteiger partial charge in [0.05, 0.1) is 24.2 Å². The third-order valence-electron chi connectivity index (χ3n) is 6.07. The van der Waals surface area contributed by atoms with Crippen LogP contribution in [0.25, 0.3) is 22.2 Å². The van der Waals surface area contributed by atoms with E-state index in [0.717, 1.165) is 55.9 Å². The Hall–Kier alpha value is -3.49. The van der Waals surface area contributed by atoms with Crippen molar-refractivity contribution in [2.45, 2.75) is 19.5 Å². The molecule has 8 heteroatoms. The summed E-state index contributed by atoms with van der Waals surface area (Å²) in [6.45, 7) is 5.47. The number of amides is 1. The highest BCUT2D eigenvalue weighted by atomic mass is 16.5. The van der Waals surface area contributed by atoms with E-state index in [0.29, 0.717) is 35.6 Å². The smallest absolute Gasteiger partial charge is 0.257 e. The van der Waals surface area contributed by atoms with Crippen LogP contribution in [0.4, 0.5) is 5.82 Å². The fourth-order valence-corrected chi connectivity index (χ4v) is 4.31. The Morgan fingerprint density at radius 1 is 0.970 bits per heavy atom. The summed E-state index contributed by atoms with van der Waals surface area (Å²) in [6.07, 6.45) is 0.896. The largest absolute Gasteiger partial charge is 0.384 e. The highest BCUT2D eigenvalue weighted by Crippen LogP contribution is 2.28. The first-order valence-electron chi connectivity index (χ1n) is 11.4. The number of morpholine rings is 1. The molecule has 8 nitrogen and oxygen atoms in total. The van der Waals surface area contributed by atoms with Crippen LogP contribution in [0, 0.1) is 0 Å². The minimum absolute atomic E-state index is 0.238. The molecule has 0 unspecified atom stereocenters. The Kier molecular flexibility index (Phi) is 6.19. The average molecular weight is 445 g/mol. The summed E-state index contributed by atoms with van der Waals surface area (Å²) in [4.78, 5) is 25.2. The number of fused-ring (bicyclic) bond motifs is 2. The molecular weight excluding hydrogens is 416 g/mol. The highest BCUT2D eigenvalue weighted by molar-refractivity contribution is 6.10. The van der Waals surface area contributed by atoms with Crippen molar-refractivity contribution in [1.29, 1.82) is 0 Å². The van der Waals surface area contributed by atoms with Crippen molar-refractivity contribution in [1.82, 2.24) is 24.8 Å². The number of para-hydroxylation sites is 2. The molecule has 0 radical (unpaired) electrons. The van der Waals surface area contributed by atoms with E-state index in [1.165, 1.54) is 0 Å². The minimum Gasteiger partial charge on any atom is -0.384 e. The third-order valence-corrected chi connectivity index (χ3v) is 6.07. The van der Waals surface area contributed by atoms with Gasteiger partial charge in [-0.05, 0) is 24.1 Å². The predicted molar refractivity (Wildman–Crippen MR) is 129 cm³/mol. The molecule has 1 amide bonds. The molecule has 33 heavy (non-hydrogen) atoms. The number of rotatable bonds is 7. The summed E-state index contributed by atoms with van der Waals surface area (Å²) in [5.74, 6) is 0.172.